The molecule has 0 radical (unpaired) electrons. The molecule has 19 heavy (non-hydrogen) atoms. The van der Waals surface area contributed by atoms with Gasteiger partial charge in [-0.1, -0.05) is 46.3 Å². The Morgan fingerprint density at radius 2 is 1.63 bits per heavy atom. The van der Waals surface area contributed by atoms with Crippen LogP contribution in [0.3, 0.4) is 0 Å². The number of carbonyl (C=O) groups is 1. The van der Waals surface area contributed by atoms with Crippen LogP contribution in [0.25, 0.3) is 11.1 Å². The number of hydrogen-bond donors (Lipinski definition) is 0. The number of benzene rings is 2. The lowest BCUT2D eigenvalue weighted by atomic mass is 9.91. The SMILES string of the molecule is CC(=O)c1ccccc1-c1cc(C)c(Br)c(C)c1C. The van der Waals surface area contributed by atoms with Gasteiger partial charge in [-0.3, -0.25) is 4.79 Å². The predicted molar refractivity (Wildman–Crippen MR) is 83.8 cm³/mol. The van der Waals surface area contributed by atoms with Crippen LogP contribution >= 0.6 is 15.9 Å². The quantitative estimate of drug-likeness (QED) is 0.692. The van der Waals surface area contributed by atoms with Gasteiger partial charge in [-0.25, -0.2) is 0 Å². The molecule has 0 aliphatic rings. The van der Waals surface area contributed by atoms with Crippen LogP contribution in [0.1, 0.15) is 34.0 Å². The van der Waals surface area contributed by atoms with Gasteiger partial charge in [0.15, 0.2) is 5.78 Å². The van der Waals surface area contributed by atoms with Crippen molar-refractivity contribution in [3.05, 3.63) is 57.1 Å². The molecular weight excluding hydrogens is 300 g/mol. The van der Waals surface area contributed by atoms with E-state index < -0.39 is 0 Å². The van der Waals surface area contributed by atoms with Gasteiger partial charge >= 0.3 is 0 Å². The molecule has 98 valence electrons. The molecule has 0 aliphatic carbocycles. The first-order valence-corrected chi connectivity index (χ1v) is 7.09. The minimum absolute atomic E-state index is 0.105. The number of halogens is 1. The Hall–Kier alpha value is -1.41. The summed E-state index contributed by atoms with van der Waals surface area (Å²) in [5.41, 5.74) is 6.58. The summed E-state index contributed by atoms with van der Waals surface area (Å²) in [5, 5.41) is 0. The van der Waals surface area contributed by atoms with Crippen LogP contribution in [0.5, 0.6) is 0 Å². The number of Topliss-reactive ketones (excluding diaryl/α,β-unsaturated/α-hetero) is 1. The van der Waals surface area contributed by atoms with Crippen LogP contribution < -0.4 is 0 Å². The van der Waals surface area contributed by atoms with Crippen molar-refractivity contribution in [1.82, 2.24) is 0 Å². The lowest BCUT2D eigenvalue weighted by Gasteiger charge is -2.15. The van der Waals surface area contributed by atoms with E-state index in [0.29, 0.717) is 0 Å². The molecule has 0 atom stereocenters. The summed E-state index contributed by atoms with van der Waals surface area (Å²) in [6.07, 6.45) is 0. The van der Waals surface area contributed by atoms with Crippen molar-refractivity contribution in [2.24, 2.45) is 0 Å². The summed E-state index contributed by atoms with van der Waals surface area (Å²) in [5.74, 6) is 0.105. The van der Waals surface area contributed by atoms with Crippen molar-refractivity contribution < 1.29 is 4.79 Å². The van der Waals surface area contributed by atoms with Gasteiger partial charge in [0.1, 0.15) is 0 Å². The fourth-order valence-corrected chi connectivity index (χ4v) is 2.77. The average molecular weight is 317 g/mol. The third kappa shape index (κ3) is 2.50. The summed E-state index contributed by atoms with van der Waals surface area (Å²) in [6.45, 7) is 7.90. The molecule has 0 unspecified atom stereocenters. The number of ketones is 1. The number of carbonyl (C=O) groups excluding carboxylic acids is 1. The van der Waals surface area contributed by atoms with Crippen molar-refractivity contribution in [1.29, 1.82) is 0 Å². The maximum absolute atomic E-state index is 11.8. The lowest BCUT2D eigenvalue weighted by molar-refractivity contribution is 0.101. The van der Waals surface area contributed by atoms with Gasteiger partial charge in [0, 0.05) is 10.0 Å². The predicted octanol–water partition coefficient (Wildman–Crippen LogP) is 5.24. The highest BCUT2D eigenvalue weighted by molar-refractivity contribution is 9.10. The zero-order chi connectivity index (χ0) is 14.2. The topological polar surface area (TPSA) is 17.1 Å². The highest BCUT2D eigenvalue weighted by Gasteiger charge is 2.14. The molecule has 0 saturated heterocycles. The first-order chi connectivity index (χ1) is 8.93. The molecule has 2 aromatic carbocycles. The van der Waals surface area contributed by atoms with Gasteiger partial charge in [0.2, 0.25) is 0 Å². The normalized spacial score (nSPS) is 10.6. The van der Waals surface area contributed by atoms with Crippen molar-refractivity contribution in [3.63, 3.8) is 0 Å². The molecule has 2 rings (SSSR count). The highest BCUT2D eigenvalue weighted by Crippen LogP contribution is 2.34. The van der Waals surface area contributed by atoms with E-state index >= 15 is 0 Å². The second-order valence-electron chi connectivity index (χ2n) is 4.91. The Kier molecular flexibility index (Phi) is 3.91. The molecule has 0 spiro atoms. The van der Waals surface area contributed by atoms with E-state index in [9.17, 15) is 4.79 Å². The van der Waals surface area contributed by atoms with Crippen LogP contribution in [-0.4, -0.2) is 5.78 Å². The Morgan fingerprint density at radius 1 is 1.00 bits per heavy atom. The van der Waals surface area contributed by atoms with Gasteiger partial charge in [-0.2, -0.15) is 0 Å². The molecule has 2 heteroatoms. The monoisotopic (exact) mass is 316 g/mol. The maximum atomic E-state index is 11.8. The zero-order valence-electron chi connectivity index (χ0n) is 11.7. The van der Waals surface area contributed by atoms with Crippen molar-refractivity contribution in [2.75, 3.05) is 0 Å². The van der Waals surface area contributed by atoms with Crippen LogP contribution in [0.2, 0.25) is 0 Å². The average Bonchev–Trinajstić information content (AvgIpc) is 2.40. The number of hydrogen-bond acceptors (Lipinski definition) is 1. The van der Waals surface area contributed by atoms with E-state index in [-0.39, 0.29) is 5.78 Å². The molecule has 0 saturated carbocycles. The third-order valence-corrected chi connectivity index (χ3v) is 4.82. The second-order valence-corrected chi connectivity index (χ2v) is 5.70. The Morgan fingerprint density at radius 3 is 2.26 bits per heavy atom. The molecular formula is C17H17BrO. The van der Waals surface area contributed by atoms with E-state index in [1.54, 1.807) is 6.92 Å². The standard InChI is InChI=1S/C17H17BrO/c1-10-9-16(11(2)12(3)17(10)18)15-8-6-5-7-14(15)13(4)19/h5-9H,1-4H3. The van der Waals surface area contributed by atoms with E-state index in [0.717, 1.165) is 21.2 Å². The summed E-state index contributed by atoms with van der Waals surface area (Å²) in [6, 6.07) is 9.95. The van der Waals surface area contributed by atoms with E-state index in [2.05, 4.69) is 42.8 Å². The fraction of sp³-hybridized carbons (Fsp3) is 0.235. The van der Waals surface area contributed by atoms with E-state index in [1.165, 1.54) is 16.7 Å². The smallest absolute Gasteiger partial charge is 0.160 e. The number of aryl methyl sites for hydroxylation is 1. The first-order valence-electron chi connectivity index (χ1n) is 6.30. The van der Waals surface area contributed by atoms with Crippen LogP contribution in [0.4, 0.5) is 0 Å². The van der Waals surface area contributed by atoms with Crippen LogP contribution in [0.15, 0.2) is 34.8 Å². The highest BCUT2D eigenvalue weighted by atomic mass is 79.9. The minimum atomic E-state index is 0.105. The molecule has 0 aliphatic heterocycles. The van der Waals surface area contributed by atoms with Gasteiger partial charge in [0.25, 0.3) is 0 Å². The first kappa shape index (κ1) is 14.0. The van der Waals surface area contributed by atoms with Crippen molar-refractivity contribution >= 4 is 21.7 Å². The molecule has 0 amide bonds. The second kappa shape index (κ2) is 5.30. The zero-order valence-corrected chi connectivity index (χ0v) is 13.3. The molecule has 0 N–H and O–H groups in total. The van der Waals surface area contributed by atoms with Crippen molar-refractivity contribution in [3.8, 4) is 11.1 Å². The molecule has 0 aromatic heterocycles. The van der Waals surface area contributed by atoms with Gasteiger partial charge in [-0.05, 0) is 55.5 Å². The Bertz CT molecular complexity index is 657. The Labute approximate surface area is 122 Å². The largest absolute Gasteiger partial charge is 0.294 e. The van der Waals surface area contributed by atoms with E-state index in [4.69, 9.17) is 0 Å². The third-order valence-electron chi connectivity index (χ3n) is 3.60. The number of rotatable bonds is 2. The Balaban J connectivity index is 2.77. The molecule has 2 aromatic rings. The molecule has 0 fully saturated rings. The molecule has 0 bridgehead atoms. The summed E-state index contributed by atoms with van der Waals surface area (Å²) < 4.78 is 1.15. The van der Waals surface area contributed by atoms with Gasteiger partial charge in [-0.15, -0.1) is 0 Å². The fourth-order valence-electron chi connectivity index (χ4n) is 2.36. The van der Waals surface area contributed by atoms with E-state index in [1.807, 2.05) is 24.3 Å². The minimum Gasteiger partial charge on any atom is -0.294 e. The molecule has 0 heterocycles. The summed E-state index contributed by atoms with van der Waals surface area (Å²) in [4.78, 5) is 11.8. The van der Waals surface area contributed by atoms with Gasteiger partial charge in [0.05, 0.1) is 0 Å². The van der Waals surface area contributed by atoms with Crippen molar-refractivity contribution in [2.45, 2.75) is 27.7 Å². The van der Waals surface area contributed by atoms with Crippen LogP contribution in [0, 0.1) is 20.8 Å². The summed E-state index contributed by atoms with van der Waals surface area (Å²) >= 11 is 3.62. The summed E-state index contributed by atoms with van der Waals surface area (Å²) in [7, 11) is 0. The maximum Gasteiger partial charge on any atom is 0.160 e. The molecule has 1 nitrogen and oxygen atoms in total. The van der Waals surface area contributed by atoms with Crippen LogP contribution in [-0.2, 0) is 0 Å². The van der Waals surface area contributed by atoms with Gasteiger partial charge < -0.3 is 0 Å². The lowest BCUT2D eigenvalue weighted by Crippen LogP contribution is -1.99.